The summed E-state index contributed by atoms with van der Waals surface area (Å²) < 4.78 is 12.6. The highest BCUT2D eigenvalue weighted by Gasteiger charge is 2.84. The Balaban J connectivity index is 1.45. The zero-order valence-electron chi connectivity index (χ0n) is 24.2. The fourth-order valence-electron chi connectivity index (χ4n) is 11.5. The van der Waals surface area contributed by atoms with Gasteiger partial charge in [0.05, 0.1) is 16.6 Å². The van der Waals surface area contributed by atoms with Crippen LogP contribution >= 0.6 is 0 Å². The first-order valence-electron chi connectivity index (χ1n) is 15.0. The molecule has 0 aromatic rings. The lowest BCUT2D eigenvalue weighted by molar-refractivity contribution is -0.157. The lowest BCUT2D eigenvalue weighted by Gasteiger charge is -2.47. The van der Waals surface area contributed by atoms with Gasteiger partial charge < -0.3 is 24.5 Å². The fraction of sp³-hybridized carbons (Fsp3) is 0.727. The molecule has 0 radical (unpaired) electrons. The Morgan fingerprint density at radius 2 is 1.85 bits per heavy atom. The molecule has 5 aliphatic carbocycles. The van der Waals surface area contributed by atoms with Crippen LogP contribution in [0.15, 0.2) is 36.0 Å². The number of ether oxygens (including phenoxy) is 2. The largest absolute Gasteiger partial charge is 0.461 e. The molecule has 0 unspecified atom stereocenters. The van der Waals surface area contributed by atoms with E-state index in [-0.39, 0.29) is 53.7 Å². The Kier molecular flexibility index (Phi) is 5.17. The van der Waals surface area contributed by atoms with Crippen molar-refractivity contribution in [3.05, 3.63) is 36.0 Å². The molecule has 2 N–H and O–H groups in total. The first-order chi connectivity index (χ1) is 18.6. The molecule has 7 nitrogen and oxygen atoms in total. The maximum atomic E-state index is 14.6. The van der Waals surface area contributed by atoms with Crippen LogP contribution in [0.25, 0.3) is 0 Å². The zero-order valence-corrected chi connectivity index (χ0v) is 24.2. The standard InChI is InChI=1S/C33H42O7/c1-16-7-8-21-22(16)25-23(19(13-17(2)34)14-30(21,5)37)33(28(36)40-25)15-32-12-11-29(33,4)26(32)24-20(9-10-31(32,6)38)18(3)27(35)39-24/h7,11-12,19-26,37-38H,3,8-10,13-15H2,1-2,4-6H3/t19-,20-,21+,22-,23+,24-,25-,26-,29+,30-,31+,32-,33+/m1/s1. The third kappa shape index (κ3) is 2.87. The molecule has 7 aliphatic rings. The van der Waals surface area contributed by atoms with E-state index in [1.165, 1.54) is 0 Å². The molecule has 216 valence electrons. The number of fused-ring (bicyclic) bond motifs is 6. The van der Waals surface area contributed by atoms with Gasteiger partial charge in [-0.15, -0.1) is 0 Å². The van der Waals surface area contributed by atoms with Gasteiger partial charge in [-0.1, -0.05) is 37.3 Å². The summed E-state index contributed by atoms with van der Waals surface area (Å²) in [6.45, 7) is 13.5. The second-order valence-corrected chi connectivity index (χ2v) is 15.0. The monoisotopic (exact) mass is 550 g/mol. The Bertz CT molecular complexity index is 1310. The van der Waals surface area contributed by atoms with Crippen LogP contribution in [0.2, 0.25) is 0 Å². The predicted octanol–water partition coefficient (Wildman–Crippen LogP) is 4.07. The van der Waals surface area contributed by atoms with Crippen LogP contribution < -0.4 is 0 Å². The first-order valence-corrected chi connectivity index (χ1v) is 15.0. The van der Waals surface area contributed by atoms with Gasteiger partial charge >= 0.3 is 11.9 Å². The van der Waals surface area contributed by atoms with Crippen molar-refractivity contribution < 1.29 is 34.1 Å². The molecule has 2 saturated heterocycles. The van der Waals surface area contributed by atoms with Crippen LogP contribution in [-0.4, -0.2) is 51.3 Å². The van der Waals surface area contributed by atoms with Crippen molar-refractivity contribution in [2.45, 2.75) is 96.6 Å². The highest BCUT2D eigenvalue weighted by atomic mass is 16.6. The fourth-order valence-corrected chi connectivity index (χ4v) is 11.5. The number of rotatable bonds is 2. The van der Waals surface area contributed by atoms with E-state index in [1.807, 2.05) is 13.8 Å². The molecule has 1 spiro atoms. The van der Waals surface area contributed by atoms with Gasteiger partial charge in [-0.25, -0.2) is 4.79 Å². The molecular weight excluding hydrogens is 508 g/mol. The van der Waals surface area contributed by atoms with Crippen molar-refractivity contribution in [2.24, 2.45) is 51.8 Å². The van der Waals surface area contributed by atoms with E-state index >= 15 is 0 Å². The highest BCUT2D eigenvalue weighted by molar-refractivity contribution is 5.91. The Labute approximate surface area is 236 Å². The molecule has 2 aliphatic heterocycles. The van der Waals surface area contributed by atoms with Gasteiger partial charge in [-0.05, 0) is 65.7 Å². The van der Waals surface area contributed by atoms with Crippen molar-refractivity contribution in [1.29, 1.82) is 0 Å². The lowest BCUT2D eigenvalue weighted by atomic mass is 9.52. The quantitative estimate of drug-likeness (QED) is 0.303. The van der Waals surface area contributed by atoms with Gasteiger partial charge in [0.15, 0.2) is 0 Å². The van der Waals surface area contributed by atoms with E-state index in [4.69, 9.17) is 9.47 Å². The Hall–Kier alpha value is -2.25. The van der Waals surface area contributed by atoms with Crippen LogP contribution in [0.3, 0.4) is 0 Å². The number of ketones is 1. The molecule has 7 heteroatoms. The minimum Gasteiger partial charge on any atom is -0.461 e. The number of hydrogen-bond donors (Lipinski definition) is 2. The van der Waals surface area contributed by atoms with Gasteiger partial charge in [0, 0.05) is 52.4 Å². The molecule has 0 amide bonds. The molecule has 40 heavy (non-hydrogen) atoms. The summed E-state index contributed by atoms with van der Waals surface area (Å²) in [5.41, 5.74) is -3.24. The molecule has 5 fully saturated rings. The van der Waals surface area contributed by atoms with Gasteiger partial charge in [0.2, 0.25) is 0 Å². The molecule has 2 bridgehead atoms. The summed E-state index contributed by atoms with van der Waals surface area (Å²) in [4.78, 5) is 40.2. The van der Waals surface area contributed by atoms with Crippen molar-refractivity contribution in [3.63, 3.8) is 0 Å². The second kappa shape index (κ2) is 7.77. The minimum absolute atomic E-state index is 0.0256. The number of aliphatic hydroxyl groups is 2. The van der Waals surface area contributed by atoms with Crippen molar-refractivity contribution in [3.8, 4) is 0 Å². The lowest BCUT2D eigenvalue weighted by Crippen LogP contribution is -2.51. The van der Waals surface area contributed by atoms with Crippen molar-refractivity contribution in [2.75, 3.05) is 0 Å². The Morgan fingerprint density at radius 1 is 1.12 bits per heavy atom. The van der Waals surface area contributed by atoms with Crippen molar-refractivity contribution in [1.82, 2.24) is 0 Å². The maximum Gasteiger partial charge on any atom is 0.334 e. The number of carbonyl (C=O) groups is 3. The third-order valence-corrected chi connectivity index (χ3v) is 13.2. The average molecular weight is 551 g/mol. The average Bonchev–Trinajstić information content (AvgIpc) is 3.56. The van der Waals surface area contributed by atoms with Gasteiger partial charge in [-0.3, -0.25) is 4.79 Å². The summed E-state index contributed by atoms with van der Waals surface area (Å²) in [5.74, 6) is -2.03. The molecule has 7 rings (SSSR count). The van der Waals surface area contributed by atoms with E-state index < -0.39 is 45.6 Å². The normalized spacial score (nSPS) is 55.7. The Morgan fingerprint density at radius 3 is 2.55 bits per heavy atom. The number of esters is 2. The molecule has 13 atom stereocenters. The maximum absolute atomic E-state index is 14.6. The number of hydrogen-bond acceptors (Lipinski definition) is 7. The molecule has 0 aromatic heterocycles. The highest BCUT2D eigenvalue weighted by Crippen LogP contribution is 2.81. The number of Topliss-reactive ketones (excluding diaryl/α,β-unsaturated/α-hetero) is 1. The van der Waals surface area contributed by atoms with Gasteiger partial charge in [0.25, 0.3) is 0 Å². The SMILES string of the molecule is C=C1C(=O)O[C@@H]2[C@@H]1CC[C@](C)(O)[C@@]13C=C[C@@](C)([C@@H]21)[C@]1(C3)C(=O)O[C@@H]2[C@@H]3C(C)=CC[C@@H]3[C@](C)(O)C[C@@H](CC(C)=O)[C@@H]21. The smallest absolute Gasteiger partial charge is 0.334 e. The second-order valence-electron chi connectivity index (χ2n) is 15.0. The number of allylic oxidation sites excluding steroid dienone is 2. The molecular formula is C33H42O7. The van der Waals surface area contributed by atoms with Crippen LogP contribution in [0.4, 0.5) is 0 Å². The van der Waals surface area contributed by atoms with E-state index in [0.29, 0.717) is 37.7 Å². The minimum atomic E-state index is -1.15. The molecule has 3 saturated carbocycles. The van der Waals surface area contributed by atoms with E-state index in [9.17, 15) is 24.6 Å². The summed E-state index contributed by atoms with van der Waals surface area (Å²) in [6, 6.07) is 0. The van der Waals surface area contributed by atoms with Gasteiger partial charge in [-0.2, -0.15) is 0 Å². The number of carbonyl (C=O) groups excluding carboxylic acids is 3. The van der Waals surface area contributed by atoms with Crippen molar-refractivity contribution >= 4 is 17.7 Å². The van der Waals surface area contributed by atoms with E-state index in [1.54, 1.807) is 6.92 Å². The summed E-state index contributed by atoms with van der Waals surface area (Å²) >= 11 is 0. The van der Waals surface area contributed by atoms with Crippen LogP contribution in [-0.2, 0) is 23.9 Å². The predicted molar refractivity (Wildman–Crippen MR) is 145 cm³/mol. The van der Waals surface area contributed by atoms with Gasteiger partial charge in [0.1, 0.15) is 18.0 Å². The third-order valence-electron chi connectivity index (χ3n) is 13.2. The molecule has 2 heterocycles. The summed E-state index contributed by atoms with van der Waals surface area (Å²) in [6.07, 6.45) is 8.17. The first kappa shape index (κ1) is 26.6. The molecule has 0 aromatic carbocycles. The van der Waals surface area contributed by atoms with E-state index in [2.05, 4.69) is 38.7 Å². The van der Waals surface area contributed by atoms with Crippen LogP contribution in [0.5, 0.6) is 0 Å². The van der Waals surface area contributed by atoms with E-state index in [0.717, 1.165) is 5.57 Å². The van der Waals surface area contributed by atoms with Crippen LogP contribution in [0, 0.1) is 51.8 Å². The summed E-state index contributed by atoms with van der Waals surface area (Å²) in [7, 11) is 0. The zero-order chi connectivity index (χ0) is 28.8. The topological polar surface area (TPSA) is 110 Å². The van der Waals surface area contributed by atoms with Crippen LogP contribution in [0.1, 0.15) is 73.1 Å². The summed E-state index contributed by atoms with van der Waals surface area (Å²) in [5, 5.41) is 24.1.